The Labute approximate surface area is 109 Å². The molecule has 0 aromatic heterocycles. The van der Waals surface area contributed by atoms with Crippen LogP contribution < -0.4 is 19.9 Å². The molecule has 0 fully saturated rings. The summed E-state index contributed by atoms with van der Waals surface area (Å²) in [5.74, 6) is 2.46. The smallest absolute Gasteiger partial charge is 0.164 e. The first-order valence-electron chi connectivity index (χ1n) is 6.16. The molecule has 0 heterocycles. The van der Waals surface area contributed by atoms with Gasteiger partial charge in [0.25, 0.3) is 0 Å². The highest BCUT2D eigenvalue weighted by molar-refractivity contribution is 5.61. The molecule has 2 N–H and O–H groups in total. The molecule has 1 atom stereocenters. The average Bonchev–Trinajstić information content (AvgIpc) is 2.30. The number of anilines is 1. The van der Waals surface area contributed by atoms with Crippen molar-refractivity contribution in [3.05, 3.63) is 12.1 Å². The van der Waals surface area contributed by atoms with E-state index in [-0.39, 0.29) is 6.10 Å². The molecule has 1 aromatic rings. The third kappa shape index (κ3) is 3.72. The molecule has 4 nitrogen and oxygen atoms in total. The van der Waals surface area contributed by atoms with E-state index in [2.05, 4.69) is 13.8 Å². The van der Waals surface area contributed by atoms with E-state index < -0.39 is 0 Å². The summed E-state index contributed by atoms with van der Waals surface area (Å²) in [6, 6.07) is 3.49. The van der Waals surface area contributed by atoms with Crippen LogP contribution >= 0.6 is 0 Å². The zero-order chi connectivity index (χ0) is 13.7. The third-order valence-electron chi connectivity index (χ3n) is 2.65. The number of hydrogen-bond acceptors (Lipinski definition) is 4. The highest BCUT2D eigenvalue weighted by Gasteiger charge is 2.13. The molecule has 1 aromatic carbocycles. The SMILES string of the molecule is COc1cc(N)c(OC(C)CC(C)C)cc1OC. The van der Waals surface area contributed by atoms with Crippen molar-refractivity contribution in [3.8, 4) is 17.2 Å². The van der Waals surface area contributed by atoms with Crippen LogP contribution in [0.4, 0.5) is 5.69 Å². The second-order valence-electron chi connectivity index (χ2n) is 4.80. The average molecular weight is 253 g/mol. The van der Waals surface area contributed by atoms with Gasteiger partial charge in [0.05, 0.1) is 26.0 Å². The van der Waals surface area contributed by atoms with Crippen LogP contribution in [0.2, 0.25) is 0 Å². The summed E-state index contributed by atoms with van der Waals surface area (Å²) in [5, 5.41) is 0. The number of methoxy groups -OCH3 is 2. The lowest BCUT2D eigenvalue weighted by Crippen LogP contribution is -2.15. The van der Waals surface area contributed by atoms with Gasteiger partial charge in [-0.25, -0.2) is 0 Å². The fraction of sp³-hybridized carbons (Fsp3) is 0.571. The van der Waals surface area contributed by atoms with Crippen molar-refractivity contribution in [1.82, 2.24) is 0 Å². The van der Waals surface area contributed by atoms with Crippen molar-refractivity contribution >= 4 is 5.69 Å². The van der Waals surface area contributed by atoms with Gasteiger partial charge in [-0.1, -0.05) is 13.8 Å². The van der Waals surface area contributed by atoms with E-state index in [0.717, 1.165) is 6.42 Å². The predicted octanol–water partition coefficient (Wildman–Crippen LogP) is 3.10. The van der Waals surface area contributed by atoms with Gasteiger partial charge in [-0.15, -0.1) is 0 Å². The van der Waals surface area contributed by atoms with Gasteiger partial charge in [-0.3, -0.25) is 0 Å². The summed E-state index contributed by atoms with van der Waals surface area (Å²) < 4.78 is 16.3. The van der Waals surface area contributed by atoms with Crippen LogP contribution in [0.15, 0.2) is 12.1 Å². The first kappa shape index (κ1) is 14.5. The van der Waals surface area contributed by atoms with E-state index >= 15 is 0 Å². The van der Waals surface area contributed by atoms with Crippen molar-refractivity contribution in [1.29, 1.82) is 0 Å². The van der Waals surface area contributed by atoms with Crippen LogP contribution in [0.3, 0.4) is 0 Å². The Hall–Kier alpha value is -1.58. The van der Waals surface area contributed by atoms with Crippen LogP contribution in [0.1, 0.15) is 27.2 Å². The summed E-state index contributed by atoms with van der Waals surface area (Å²) >= 11 is 0. The van der Waals surface area contributed by atoms with E-state index in [4.69, 9.17) is 19.9 Å². The summed E-state index contributed by atoms with van der Waals surface area (Å²) in [6.07, 6.45) is 1.10. The molecule has 0 aliphatic heterocycles. The summed E-state index contributed by atoms with van der Waals surface area (Å²) in [7, 11) is 3.18. The highest BCUT2D eigenvalue weighted by atomic mass is 16.5. The molecule has 0 saturated carbocycles. The lowest BCUT2D eigenvalue weighted by Gasteiger charge is -2.19. The van der Waals surface area contributed by atoms with Crippen LogP contribution in [0, 0.1) is 5.92 Å². The molecule has 18 heavy (non-hydrogen) atoms. The number of benzene rings is 1. The minimum Gasteiger partial charge on any atom is -0.493 e. The molecule has 1 unspecified atom stereocenters. The molecule has 4 heteroatoms. The van der Waals surface area contributed by atoms with Crippen LogP contribution in [-0.2, 0) is 0 Å². The van der Waals surface area contributed by atoms with Gasteiger partial charge in [0, 0.05) is 12.1 Å². The number of ether oxygens (including phenoxy) is 3. The van der Waals surface area contributed by atoms with Crippen molar-refractivity contribution in [2.75, 3.05) is 20.0 Å². The molecule has 1 rings (SSSR count). The Morgan fingerprint density at radius 2 is 1.56 bits per heavy atom. The van der Waals surface area contributed by atoms with E-state index in [1.54, 1.807) is 26.4 Å². The van der Waals surface area contributed by atoms with E-state index in [1.165, 1.54) is 0 Å². The maximum atomic E-state index is 5.94. The van der Waals surface area contributed by atoms with Gasteiger partial charge in [0.1, 0.15) is 5.75 Å². The largest absolute Gasteiger partial charge is 0.493 e. The fourth-order valence-corrected chi connectivity index (χ4v) is 1.91. The third-order valence-corrected chi connectivity index (χ3v) is 2.65. The Bertz CT molecular complexity index is 391. The molecule has 0 bridgehead atoms. The summed E-state index contributed by atoms with van der Waals surface area (Å²) in [5.41, 5.74) is 6.50. The van der Waals surface area contributed by atoms with Gasteiger partial charge in [0.2, 0.25) is 0 Å². The molecule has 0 saturated heterocycles. The molecule has 0 radical (unpaired) electrons. The van der Waals surface area contributed by atoms with Gasteiger partial charge >= 0.3 is 0 Å². The standard InChI is InChI=1S/C14H23NO3/c1-9(2)6-10(3)18-12-8-14(17-5)13(16-4)7-11(12)15/h7-10H,6,15H2,1-5H3. The molecule has 0 spiro atoms. The lowest BCUT2D eigenvalue weighted by molar-refractivity contribution is 0.193. The molecule has 102 valence electrons. The Balaban J connectivity index is 2.89. The number of hydrogen-bond donors (Lipinski definition) is 1. The Morgan fingerprint density at radius 1 is 1.00 bits per heavy atom. The monoisotopic (exact) mass is 253 g/mol. The second-order valence-corrected chi connectivity index (χ2v) is 4.80. The minimum atomic E-state index is 0.116. The van der Waals surface area contributed by atoms with Gasteiger partial charge in [-0.2, -0.15) is 0 Å². The van der Waals surface area contributed by atoms with Crippen molar-refractivity contribution in [2.45, 2.75) is 33.3 Å². The second kappa shape index (κ2) is 6.38. The van der Waals surface area contributed by atoms with Crippen molar-refractivity contribution < 1.29 is 14.2 Å². The van der Waals surface area contributed by atoms with Crippen molar-refractivity contribution in [3.63, 3.8) is 0 Å². The lowest BCUT2D eigenvalue weighted by atomic mass is 10.1. The molecule has 0 aliphatic carbocycles. The molecular formula is C14H23NO3. The molecule has 0 aliphatic rings. The minimum absolute atomic E-state index is 0.116. The number of nitrogens with two attached hydrogens (primary N) is 1. The van der Waals surface area contributed by atoms with Crippen LogP contribution in [-0.4, -0.2) is 20.3 Å². The first-order valence-corrected chi connectivity index (χ1v) is 6.16. The number of nitrogen functional groups attached to an aromatic ring is 1. The fourth-order valence-electron chi connectivity index (χ4n) is 1.91. The van der Waals surface area contributed by atoms with Gasteiger partial charge in [0.15, 0.2) is 11.5 Å². The topological polar surface area (TPSA) is 53.7 Å². The number of rotatable bonds is 6. The molecular weight excluding hydrogens is 230 g/mol. The maximum absolute atomic E-state index is 5.94. The van der Waals surface area contributed by atoms with E-state index in [0.29, 0.717) is 28.9 Å². The van der Waals surface area contributed by atoms with Gasteiger partial charge < -0.3 is 19.9 Å². The normalized spacial score (nSPS) is 12.3. The van der Waals surface area contributed by atoms with Crippen molar-refractivity contribution in [2.24, 2.45) is 5.92 Å². The maximum Gasteiger partial charge on any atom is 0.164 e. The Morgan fingerprint density at radius 3 is 2.06 bits per heavy atom. The predicted molar refractivity (Wildman–Crippen MR) is 73.5 cm³/mol. The summed E-state index contributed by atoms with van der Waals surface area (Å²) in [4.78, 5) is 0. The van der Waals surface area contributed by atoms with Gasteiger partial charge in [-0.05, 0) is 19.3 Å². The molecule has 0 amide bonds. The summed E-state index contributed by atoms with van der Waals surface area (Å²) in [6.45, 7) is 6.37. The zero-order valence-corrected chi connectivity index (χ0v) is 11.8. The highest BCUT2D eigenvalue weighted by Crippen LogP contribution is 2.36. The van der Waals surface area contributed by atoms with E-state index in [1.807, 2.05) is 6.92 Å². The van der Waals surface area contributed by atoms with Crippen LogP contribution in [0.25, 0.3) is 0 Å². The van der Waals surface area contributed by atoms with E-state index in [9.17, 15) is 0 Å². The quantitative estimate of drug-likeness (QED) is 0.791. The first-order chi connectivity index (χ1) is 8.47. The zero-order valence-electron chi connectivity index (χ0n) is 11.8. The Kier molecular flexibility index (Phi) is 5.13. The van der Waals surface area contributed by atoms with Crippen LogP contribution in [0.5, 0.6) is 17.2 Å².